The van der Waals surface area contributed by atoms with Crippen molar-refractivity contribution in [2.24, 2.45) is 39.9 Å². The van der Waals surface area contributed by atoms with Crippen LogP contribution in [0.25, 0.3) is 0 Å². The number of fused-ring (bicyclic) bond motifs is 1. The third-order valence-corrected chi connectivity index (χ3v) is 12.5. The van der Waals surface area contributed by atoms with E-state index in [2.05, 4.69) is 13.8 Å². The number of hydrogen-bond acceptors (Lipinski definition) is 5. The minimum atomic E-state index is -0.444. The molecule has 1 heterocycles. The van der Waals surface area contributed by atoms with Gasteiger partial charge in [-0.2, -0.15) is 0 Å². The maximum absolute atomic E-state index is 13.4. The van der Waals surface area contributed by atoms with E-state index in [1.54, 1.807) is 12.1 Å². The van der Waals surface area contributed by atoms with Crippen molar-refractivity contribution in [3.8, 4) is 0 Å². The van der Waals surface area contributed by atoms with Crippen LogP contribution in [0, 0.1) is 39.9 Å². The number of hydrogen-bond donors (Lipinski definition) is 2. The number of piperidine rings is 1. The Morgan fingerprint density at radius 2 is 1.61 bits per heavy atom. The second-order valence-corrected chi connectivity index (χ2v) is 14.3. The molecule has 2 aromatic rings. The summed E-state index contributed by atoms with van der Waals surface area (Å²) in [5, 5.41) is 11.9. The Morgan fingerprint density at radius 3 is 2.29 bits per heavy atom. The molecule has 10 atom stereocenters. The lowest BCUT2D eigenvalue weighted by molar-refractivity contribution is -0.926. The molecular formula is C35H44NO5+. The lowest BCUT2D eigenvalue weighted by atomic mass is 9.39. The van der Waals surface area contributed by atoms with Crippen LogP contribution in [-0.2, 0) is 9.47 Å². The summed E-state index contributed by atoms with van der Waals surface area (Å²) in [7, 11) is 0. The number of ether oxygens (including phenoxy) is 2. The number of carbonyl (C=O) groups is 2. The van der Waals surface area contributed by atoms with Crippen molar-refractivity contribution in [3.05, 3.63) is 71.8 Å². The largest absolute Gasteiger partial charge is 0.458 e. The summed E-state index contributed by atoms with van der Waals surface area (Å²) in [5.41, 5.74) is 1.07. The second kappa shape index (κ2) is 9.95. The zero-order valence-corrected chi connectivity index (χ0v) is 24.4. The van der Waals surface area contributed by atoms with Crippen molar-refractivity contribution in [3.63, 3.8) is 0 Å². The SMILES string of the molecule is CC1C2CC3C45CCCC(C)(C[NH+](CCOC(=O)c6ccccc6)C4)C5CC(OC(=O)c4ccccc4)C3(C2)C1O. The number of esters is 2. The first-order valence-corrected chi connectivity index (χ1v) is 15.8. The first-order chi connectivity index (χ1) is 19.8. The Labute approximate surface area is 243 Å². The standard InChI is InChI=1S/C35H43NO5/c1-23-26-18-28-34-15-9-14-33(2,21-36(22-34)16-17-40-31(38)24-10-5-3-6-11-24)27(34)19-29(35(28,20-26)30(23)37)41-32(39)25-12-7-4-8-13-25/h3-8,10-13,23,26-30,37H,9,14-22H2,1-2H3/p+1. The summed E-state index contributed by atoms with van der Waals surface area (Å²) in [4.78, 5) is 27.5. The molecule has 5 aliphatic rings. The van der Waals surface area contributed by atoms with Crippen LogP contribution >= 0.6 is 0 Å². The minimum Gasteiger partial charge on any atom is -0.458 e. The fourth-order valence-corrected chi connectivity index (χ4v) is 10.9. The molecular weight excluding hydrogens is 514 g/mol. The Bertz CT molecular complexity index is 1300. The normalized spacial score (nSPS) is 42.2. The number of aliphatic hydroxyl groups excluding tert-OH is 1. The highest BCUT2D eigenvalue weighted by molar-refractivity contribution is 5.89. The Balaban J connectivity index is 1.16. The van der Waals surface area contributed by atoms with Crippen LogP contribution in [0.3, 0.4) is 0 Å². The van der Waals surface area contributed by atoms with Gasteiger partial charge in [0.1, 0.15) is 19.3 Å². The predicted molar refractivity (Wildman–Crippen MR) is 154 cm³/mol. The first-order valence-electron chi connectivity index (χ1n) is 15.8. The van der Waals surface area contributed by atoms with Gasteiger partial charge in [-0.15, -0.1) is 0 Å². The average Bonchev–Trinajstić information content (AvgIpc) is 3.50. The monoisotopic (exact) mass is 558 g/mol. The van der Waals surface area contributed by atoms with E-state index in [0.717, 1.165) is 38.9 Å². The van der Waals surface area contributed by atoms with Crippen LogP contribution < -0.4 is 4.90 Å². The molecule has 4 saturated carbocycles. The molecule has 218 valence electrons. The highest BCUT2D eigenvalue weighted by Crippen LogP contribution is 2.75. The summed E-state index contributed by atoms with van der Waals surface area (Å²) in [5.74, 6) is 1.01. The van der Waals surface area contributed by atoms with Gasteiger partial charge in [0.2, 0.25) is 0 Å². The van der Waals surface area contributed by atoms with E-state index in [0.29, 0.717) is 35.5 Å². The fourth-order valence-electron chi connectivity index (χ4n) is 10.9. The summed E-state index contributed by atoms with van der Waals surface area (Å²) < 4.78 is 12.2. The molecule has 1 spiro atoms. The number of quaternary nitrogens is 1. The van der Waals surface area contributed by atoms with Gasteiger partial charge in [0, 0.05) is 16.2 Å². The van der Waals surface area contributed by atoms with Crippen molar-refractivity contribution in [1.82, 2.24) is 0 Å². The minimum absolute atomic E-state index is 0.121. The van der Waals surface area contributed by atoms with Crippen molar-refractivity contribution < 1.29 is 29.1 Å². The molecule has 1 saturated heterocycles. The Morgan fingerprint density at radius 1 is 0.927 bits per heavy atom. The molecule has 0 aromatic heterocycles. The number of aliphatic hydroxyl groups is 1. The van der Waals surface area contributed by atoms with Gasteiger partial charge in [-0.1, -0.05) is 56.7 Å². The molecule has 0 amide bonds. The van der Waals surface area contributed by atoms with Crippen LogP contribution in [0.2, 0.25) is 0 Å². The zero-order valence-electron chi connectivity index (χ0n) is 24.4. The molecule has 4 bridgehead atoms. The third kappa shape index (κ3) is 4.11. The van der Waals surface area contributed by atoms with Gasteiger partial charge in [0.15, 0.2) is 0 Å². The average molecular weight is 559 g/mol. The van der Waals surface area contributed by atoms with Crippen LogP contribution in [0.5, 0.6) is 0 Å². The Hall–Kier alpha value is -2.70. The van der Waals surface area contributed by atoms with Crippen molar-refractivity contribution in [2.45, 2.75) is 64.6 Å². The number of benzene rings is 2. The quantitative estimate of drug-likeness (QED) is 0.520. The van der Waals surface area contributed by atoms with Gasteiger partial charge in [0.25, 0.3) is 0 Å². The molecule has 1 aliphatic heterocycles. The van der Waals surface area contributed by atoms with E-state index in [4.69, 9.17) is 9.47 Å². The molecule has 41 heavy (non-hydrogen) atoms. The lowest BCUT2D eigenvalue weighted by Gasteiger charge is -2.68. The van der Waals surface area contributed by atoms with E-state index >= 15 is 0 Å². The van der Waals surface area contributed by atoms with Gasteiger partial charge < -0.3 is 19.5 Å². The van der Waals surface area contributed by atoms with Crippen molar-refractivity contribution in [2.75, 3.05) is 26.2 Å². The molecule has 2 aromatic carbocycles. The van der Waals surface area contributed by atoms with Gasteiger partial charge in [-0.3, -0.25) is 0 Å². The van der Waals surface area contributed by atoms with Gasteiger partial charge in [0.05, 0.1) is 30.3 Å². The van der Waals surface area contributed by atoms with Crippen LogP contribution in [0.4, 0.5) is 0 Å². The summed E-state index contributed by atoms with van der Waals surface area (Å²) in [6, 6.07) is 18.6. The molecule has 7 rings (SSSR count). The molecule has 10 unspecified atom stereocenters. The maximum Gasteiger partial charge on any atom is 0.338 e. The van der Waals surface area contributed by atoms with Crippen LogP contribution in [0.1, 0.15) is 73.1 Å². The van der Waals surface area contributed by atoms with Crippen molar-refractivity contribution >= 4 is 11.9 Å². The third-order valence-electron chi connectivity index (χ3n) is 12.5. The van der Waals surface area contributed by atoms with Crippen LogP contribution in [-0.4, -0.2) is 55.5 Å². The van der Waals surface area contributed by atoms with E-state index in [9.17, 15) is 14.7 Å². The summed E-state index contributed by atoms with van der Waals surface area (Å²) >= 11 is 0. The van der Waals surface area contributed by atoms with Gasteiger partial charge in [-0.25, -0.2) is 9.59 Å². The number of nitrogens with one attached hydrogen (secondary N) is 1. The molecule has 6 nitrogen and oxygen atoms in total. The van der Waals surface area contributed by atoms with Crippen molar-refractivity contribution in [1.29, 1.82) is 0 Å². The van der Waals surface area contributed by atoms with Gasteiger partial charge in [-0.05, 0) is 80.0 Å². The predicted octanol–water partition coefficient (Wildman–Crippen LogP) is 4.19. The second-order valence-electron chi connectivity index (χ2n) is 14.3. The summed E-state index contributed by atoms with van der Waals surface area (Å²) in [6.45, 7) is 7.97. The number of rotatable bonds is 6. The fraction of sp³-hybridized carbons (Fsp3) is 0.600. The van der Waals surface area contributed by atoms with E-state index < -0.39 is 6.10 Å². The van der Waals surface area contributed by atoms with E-state index in [1.807, 2.05) is 48.5 Å². The highest BCUT2D eigenvalue weighted by Gasteiger charge is 2.77. The molecule has 4 aliphatic carbocycles. The first kappa shape index (κ1) is 27.2. The smallest absolute Gasteiger partial charge is 0.338 e. The lowest BCUT2D eigenvalue weighted by Crippen LogP contribution is -3.17. The topological polar surface area (TPSA) is 77.3 Å². The zero-order chi connectivity index (χ0) is 28.4. The molecule has 0 radical (unpaired) electrons. The van der Waals surface area contributed by atoms with E-state index in [-0.39, 0.29) is 40.2 Å². The summed E-state index contributed by atoms with van der Waals surface area (Å²) in [6.07, 6.45) is 5.81. The van der Waals surface area contributed by atoms with Crippen LogP contribution in [0.15, 0.2) is 60.7 Å². The van der Waals surface area contributed by atoms with E-state index in [1.165, 1.54) is 24.2 Å². The molecule has 2 N–H and O–H groups in total. The maximum atomic E-state index is 13.4. The van der Waals surface area contributed by atoms with Gasteiger partial charge >= 0.3 is 11.9 Å². The highest BCUT2D eigenvalue weighted by atomic mass is 16.5. The number of carbonyl (C=O) groups excluding carboxylic acids is 2. The number of likely N-dealkylation sites (tertiary alicyclic amines) is 1. The Kier molecular flexibility index (Phi) is 6.59. The molecule has 6 heteroatoms. The molecule has 5 fully saturated rings.